The van der Waals surface area contributed by atoms with Crippen molar-refractivity contribution in [3.8, 4) is 0 Å². The highest BCUT2D eigenvalue weighted by atomic mass is 16.3. The lowest BCUT2D eigenvalue weighted by Crippen LogP contribution is -1.75. The smallest absolute Gasteiger partial charge is 0.0430 e. The molecular formula is C8H20O2. The van der Waals surface area contributed by atoms with Crippen molar-refractivity contribution in [2.45, 2.75) is 39.5 Å². The summed E-state index contributed by atoms with van der Waals surface area (Å²) in [6.45, 7) is 4.79. The van der Waals surface area contributed by atoms with Crippen molar-refractivity contribution in [1.29, 1.82) is 0 Å². The molecule has 0 aromatic heterocycles. The van der Waals surface area contributed by atoms with E-state index in [9.17, 15) is 0 Å². The van der Waals surface area contributed by atoms with Crippen LogP contribution >= 0.6 is 0 Å². The van der Waals surface area contributed by atoms with Gasteiger partial charge in [-0.05, 0) is 12.8 Å². The molecule has 0 spiro atoms. The van der Waals surface area contributed by atoms with Crippen molar-refractivity contribution in [2.75, 3.05) is 13.2 Å². The highest BCUT2D eigenvalue weighted by Gasteiger charge is 1.69. The first-order chi connectivity index (χ1) is 4.83. The maximum atomic E-state index is 8.07. The molecule has 0 aliphatic carbocycles. The molecule has 0 aromatic rings. The van der Waals surface area contributed by atoms with Crippen molar-refractivity contribution in [3.05, 3.63) is 0 Å². The quantitative estimate of drug-likeness (QED) is 0.635. The molecule has 0 rings (SSSR count). The molecule has 0 heterocycles. The second kappa shape index (κ2) is 16.0. The van der Waals surface area contributed by atoms with E-state index in [1.54, 1.807) is 0 Å². The molecule has 2 heteroatoms. The Morgan fingerprint density at radius 2 is 1.10 bits per heavy atom. The first kappa shape index (κ1) is 12.6. The Balaban J connectivity index is 0. The summed E-state index contributed by atoms with van der Waals surface area (Å²) >= 11 is 0. The lowest BCUT2D eigenvalue weighted by atomic mass is 10.4. The number of aliphatic hydroxyl groups is 2. The van der Waals surface area contributed by atoms with Crippen LogP contribution in [0.5, 0.6) is 0 Å². The minimum absolute atomic E-state index is 0.344. The van der Waals surface area contributed by atoms with Gasteiger partial charge < -0.3 is 10.2 Å². The lowest BCUT2D eigenvalue weighted by Gasteiger charge is -1.79. The number of hydrogen-bond donors (Lipinski definition) is 2. The van der Waals surface area contributed by atoms with E-state index in [2.05, 4.69) is 13.8 Å². The molecule has 0 radical (unpaired) electrons. The van der Waals surface area contributed by atoms with Crippen molar-refractivity contribution >= 4 is 0 Å². The minimum Gasteiger partial charge on any atom is -0.396 e. The summed E-state index contributed by atoms with van der Waals surface area (Å²) in [6.07, 6.45) is 4.08. The number of rotatable bonds is 4. The van der Waals surface area contributed by atoms with Gasteiger partial charge >= 0.3 is 0 Å². The third-order valence-corrected chi connectivity index (χ3v) is 1.02. The molecule has 0 unspecified atom stereocenters. The predicted molar refractivity (Wildman–Crippen MR) is 44.0 cm³/mol. The summed E-state index contributed by atoms with van der Waals surface area (Å²) in [6, 6.07) is 0. The zero-order valence-electron chi connectivity index (χ0n) is 7.14. The van der Waals surface area contributed by atoms with E-state index in [1.807, 2.05) is 0 Å². The summed E-state index contributed by atoms with van der Waals surface area (Å²) in [5.41, 5.74) is 0. The minimum atomic E-state index is 0.344. The Morgan fingerprint density at radius 3 is 1.10 bits per heavy atom. The zero-order chi connectivity index (χ0) is 8.24. The molecule has 0 saturated carbocycles. The van der Waals surface area contributed by atoms with E-state index in [0.717, 1.165) is 25.7 Å². The number of unbranched alkanes of at least 4 members (excludes halogenated alkanes) is 2. The van der Waals surface area contributed by atoms with Crippen molar-refractivity contribution in [2.24, 2.45) is 0 Å². The average Bonchev–Trinajstić information content (AvgIpc) is 1.93. The van der Waals surface area contributed by atoms with E-state index >= 15 is 0 Å². The summed E-state index contributed by atoms with van der Waals surface area (Å²) in [7, 11) is 0. The van der Waals surface area contributed by atoms with Crippen LogP contribution in [0, 0.1) is 0 Å². The highest BCUT2D eigenvalue weighted by Crippen LogP contribution is 1.79. The predicted octanol–water partition coefficient (Wildman–Crippen LogP) is 1.56. The van der Waals surface area contributed by atoms with E-state index in [1.165, 1.54) is 0 Å². The molecule has 0 bridgehead atoms. The van der Waals surface area contributed by atoms with Gasteiger partial charge in [-0.3, -0.25) is 0 Å². The Morgan fingerprint density at radius 1 is 0.800 bits per heavy atom. The maximum absolute atomic E-state index is 8.07. The van der Waals surface area contributed by atoms with Crippen LogP contribution in [0.2, 0.25) is 0 Å². The van der Waals surface area contributed by atoms with Crippen LogP contribution in [0.25, 0.3) is 0 Å². The third-order valence-electron chi connectivity index (χ3n) is 1.02. The van der Waals surface area contributed by atoms with Crippen LogP contribution in [-0.2, 0) is 0 Å². The van der Waals surface area contributed by atoms with E-state index in [-0.39, 0.29) is 0 Å². The SMILES string of the molecule is CCCCO.CCCCO. The van der Waals surface area contributed by atoms with Crippen molar-refractivity contribution in [1.82, 2.24) is 0 Å². The van der Waals surface area contributed by atoms with Gasteiger partial charge in [0.25, 0.3) is 0 Å². The van der Waals surface area contributed by atoms with Crippen LogP contribution in [-0.4, -0.2) is 23.4 Å². The zero-order valence-corrected chi connectivity index (χ0v) is 7.14. The monoisotopic (exact) mass is 148 g/mol. The number of aliphatic hydroxyl groups excluding tert-OH is 2. The molecule has 2 N–H and O–H groups in total. The molecule has 0 fully saturated rings. The Hall–Kier alpha value is -0.0800. The van der Waals surface area contributed by atoms with Crippen LogP contribution in [0.4, 0.5) is 0 Å². The van der Waals surface area contributed by atoms with Gasteiger partial charge in [0, 0.05) is 13.2 Å². The van der Waals surface area contributed by atoms with E-state index < -0.39 is 0 Å². The normalized spacial score (nSPS) is 8.40. The van der Waals surface area contributed by atoms with Crippen LogP contribution in [0.15, 0.2) is 0 Å². The largest absolute Gasteiger partial charge is 0.396 e. The van der Waals surface area contributed by atoms with Crippen molar-refractivity contribution < 1.29 is 10.2 Å². The highest BCUT2D eigenvalue weighted by molar-refractivity contribution is 4.23. The molecule has 0 aliphatic heterocycles. The molecule has 0 amide bonds. The summed E-state index contributed by atoms with van der Waals surface area (Å²) in [4.78, 5) is 0. The average molecular weight is 148 g/mol. The summed E-state index contributed by atoms with van der Waals surface area (Å²) in [5.74, 6) is 0. The molecule has 10 heavy (non-hydrogen) atoms. The first-order valence-corrected chi connectivity index (χ1v) is 4.05. The van der Waals surface area contributed by atoms with Crippen molar-refractivity contribution in [3.63, 3.8) is 0 Å². The molecule has 0 atom stereocenters. The van der Waals surface area contributed by atoms with Gasteiger partial charge in [0.1, 0.15) is 0 Å². The fourth-order valence-electron chi connectivity index (χ4n) is 0.316. The fourth-order valence-corrected chi connectivity index (χ4v) is 0.316. The van der Waals surface area contributed by atoms with Crippen LogP contribution in [0.3, 0.4) is 0 Å². The van der Waals surface area contributed by atoms with Gasteiger partial charge in [0.05, 0.1) is 0 Å². The van der Waals surface area contributed by atoms with E-state index in [0.29, 0.717) is 13.2 Å². The van der Waals surface area contributed by atoms with Gasteiger partial charge in [-0.2, -0.15) is 0 Å². The van der Waals surface area contributed by atoms with E-state index in [4.69, 9.17) is 10.2 Å². The number of hydrogen-bond acceptors (Lipinski definition) is 2. The lowest BCUT2D eigenvalue weighted by molar-refractivity contribution is 0.286. The topological polar surface area (TPSA) is 40.5 Å². The Kier molecular flexibility index (Phi) is 20.1. The molecule has 0 aliphatic rings. The Labute approximate surface area is 63.9 Å². The molecular weight excluding hydrogens is 128 g/mol. The van der Waals surface area contributed by atoms with Crippen LogP contribution < -0.4 is 0 Å². The maximum Gasteiger partial charge on any atom is 0.0430 e. The van der Waals surface area contributed by atoms with Crippen LogP contribution in [0.1, 0.15) is 39.5 Å². The van der Waals surface area contributed by atoms with Gasteiger partial charge in [-0.25, -0.2) is 0 Å². The first-order valence-electron chi connectivity index (χ1n) is 4.05. The standard InChI is InChI=1S/2C4H10O/c2*1-2-3-4-5/h2*5H,2-4H2,1H3. The molecule has 2 nitrogen and oxygen atoms in total. The second-order valence-electron chi connectivity index (χ2n) is 2.15. The molecule has 64 valence electrons. The Bertz CT molecular complexity index is 28.2. The summed E-state index contributed by atoms with van der Waals surface area (Å²) in [5, 5.41) is 16.1. The summed E-state index contributed by atoms with van der Waals surface area (Å²) < 4.78 is 0. The third kappa shape index (κ3) is 24.7. The second-order valence-corrected chi connectivity index (χ2v) is 2.15. The molecule has 0 saturated heterocycles. The van der Waals surface area contributed by atoms with Gasteiger partial charge in [-0.15, -0.1) is 0 Å². The van der Waals surface area contributed by atoms with Gasteiger partial charge in [0.2, 0.25) is 0 Å². The molecule has 0 aromatic carbocycles. The van der Waals surface area contributed by atoms with Gasteiger partial charge in [-0.1, -0.05) is 26.7 Å². The van der Waals surface area contributed by atoms with Gasteiger partial charge in [0.15, 0.2) is 0 Å². The fraction of sp³-hybridized carbons (Fsp3) is 1.00.